The van der Waals surface area contributed by atoms with Crippen molar-refractivity contribution in [2.45, 2.75) is 24.7 Å². The summed E-state index contributed by atoms with van der Waals surface area (Å²) < 4.78 is 30.0. The van der Waals surface area contributed by atoms with Crippen LogP contribution in [0.4, 0.5) is 0 Å². The zero-order valence-corrected chi connectivity index (χ0v) is 16.7. The van der Waals surface area contributed by atoms with E-state index in [0.29, 0.717) is 11.5 Å². The SMILES string of the molecule is COc1ccc(-c2[nH]ncc2C=NNS(=O)(=O)c2ccc(C(C)C)cc2)cc1. The van der Waals surface area contributed by atoms with Gasteiger partial charge in [-0.2, -0.15) is 18.6 Å². The maximum Gasteiger partial charge on any atom is 0.276 e. The van der Waals surface area contributed by atoms with Crippen LogP contribution in [0, 0.1) is 0 Å². The van der Waals surface area contributed by atoms with E-state index >= 15 is 0 Å². The minimum absolute atomic E-state index is 0.164. The van der Waals surface area contributed by atoms with Gasteiger partial charge in [0, 0.05) is 11.1 Å². The lowest BCUT2D eigenvalue weighted by Gasteiger charge is -2.07. The monoisotopic (exact) mass is 398 g/mol. The van der Waals surface area contributed by atoms with Crippen molar-refractivity contribution in [3.8, 4) is 17.0 Å². The molecule has 0 unspecified atom stereocenters. The van der Waals surface area contributed by atoms with Crippen molar-refractivity contribution in [1.29, 1.82) is 0 Å². The molecule has 0 aliphatic rings. The third-order valence-electron chi connectivity index (χ3n) is 4.28. The third-order valence-corrected chi connectivity index (χ3v) is 5.52. The van der Waals surface area contributed by atoms with E-state index in [1.165, 1.54) is 6.21 Å². The molecule has 0 aliphatic heterocycles. The van der Waals surface area contributed by atoms with Crippen molar-refractivity contribution in [3.05, 3.63) is 65.9 Å². The highest BCUT2D eigenvalue weighted by atomic mass is 32.2. The molecule has 0 spiro atoms. The highest BCUT2D eigenvalue weighted by molar-refractivity contribution is 7.89. The van der Waals surface area contributed by atoms with E-state index in [-0.39, 0.29) is 4.90 Å². The number of ether oxygens (including phenoxy) is 1. The first-order valence-electron chi connectivity index (χ1n) is 8.73. The van der Waals surface area contributed by atoms with E-state index in [1.807, 2.05) is 24.3 Å². The first-order valence-corrected chi connectivity index (χ1v) is 10.2. The molecule has 8 heteroatoms. The summed E-state index contributed by atoms with van der Waals surface area (Å²) in [6.45, 7) is 4.11. The van der Waals surface area contributed by atoms with Crippen LogP contribution in [-0.2, 0) is 10.0 Å². The van der Waals surface area contributed by atoms with Gasteiger partial charge in [-0.05, 0) is 47.9 Å². The Balaban J connectivity index is 1.75. The summed E-state index contributed by atoms with van der Waals surface area (Å²) in [4.78, 5) is 2.40. The normalized spacial score (nSPS) is 11.9. The molecule has 0 saturated carbocycles. The Morgan fingerprint density at radius 3 is 2.39 bits per heavy atom. The molecule has 28 heavy (non-hydrogen) atoms. The molecular formula is C20H22N4O3S. The van der Waals surface area contributed by atoms with Gasteiger partial charge < -0.3 is 4.74 Å². The molecule has 0 fully saturated rings. The van der Waals surface area contributed by atoms with Gasteiger partial charge in [0.1, 0.15) is 5.75 Å². The Labute approximate surface area is 164 Å². The summed E-state index contributed by atoms with van der Waals surface area (Å²) in [6.07, 6.45) is 3.00. The van der Waals surface area contributed by atoms with Crippen LogP contribution in [0.2, 0.25) is 0 Å². The van der Waals surface area contributed by atoms with Crippen molar-refractivity contribution in [2.75, 3.05) is 7.11 Å². The van der Waals surface area contributed by atoms with Crippen LogP contribution in [0.5, 0.6) is 5.75 Å². The van der Waals surface area contributed by atoms with Crippen LogP contribution in [0.3, 0.4) is 0 Å². The number of hydrogen-bond acceptors (Lipinski definition) is 5. The van der Waals surface area contributed by atoms with E-state index in [2.05, 4.69) is 34.0 Å². The lowest BCUT2D eigenvalue weighted by Crippen LogP contribution is -2.18. The number of nitrogens with one attached hydrogen (secondary N) is 2. The fraction of sp³-hybridized carbons (Fsp3) is 0.200. The molecule has 1 heterocycles. The number of hydrogen-bond donors (Lipinski definition) is 2. The zero-order valence-electron chi connectivity index (χ0n) is 15.9. The van der Waals surface area contributed by atoms with Gasteiger partial charge in [-0.15, -0.1) is 0 Å². The molecule has 0 bridgehead atoms. The molecule has 2 aromatic carbocycles. The molecule has 0 saturated heterocycles. The predicted octanol–water partition coefficient (Wildman–Crippen LogP) is 3.52. The van der Waals surface area contributed by atoms with Crippen LogP contribution in [0.15, 0.2) is 64.7 Å². The zero-order chi connectivity index (χ0) is 20.1. The van der Waals surface area contributed by atoms with Crippen molar-refractivity contribution >= 4 is 16.2 Å². The van der Waals surface area contributed by atoms with Crippen molar-refractivity contribution in [1.82, 2.24) is 15.0 Å². The highest BCUT2D eigenvalue weighted by Crippen LogP contribution is 2.23. The van der Waals surface area contributed by atoms with Gasteiger partial charge in [-0.25, -0.2) is 4.83 Å². The van der Waals surface area contributed by atoms with Crippen LogP contribution in [0.1, 0.15) is 30.9 Å². The van der Waals surface area contributed by atoms with Gasteiger partial charge >= 0.3 is 0 Å². The van der Waals surface area contributed by atoms with Gasteiger partial charge in [-0.3, -0.25) is 5.10 Å². The van der Waals surface area contributed by atoms with Gasteiger partial charge in [0.2, 0.25) is 0 Å². The minimum atomic E-state index is -3.74. The molecule has 2 N–H and O–H groups in total. The second-order valence-corrected chi connectivity index (χ2v) is 8.17. The quantitative estimate of drug-likeness (QED) is 0.470. The highest BCUT2D eigenvalue weighted by Gasteiger charge is 2.13. The fourth-order valence-electron chi connectivity index (χ4n) is 2.63. The molecule has 0 amide bonds. The summed E-state index contributed by atoms with van der Waals surface area (Å²) in [6, 6.07) is 14.2. The number of benzene rings is 2. The molecule has 7 nitrogen and oxygen atoms in total. The number of rotatable bonds is 7. The standard InChI is InChI=1S/C20H22N4O3S/c1-14(2)15-6-10-19(11-7-15)28(25,26)24-22-13-17-12-21-23-20(17)16-4-8-18(27-3)9-5-16/h4-14,24H,1-3H3,(H,21,23). The van der Waals surface area contributed by atoms with Crippen LogP contribution >= 0.6 is 0 Å². The molecular weight excluding hydrogens is 376 g/mol. The molecule has 146 valence electrons. The van der Waals surface area contributed by atoms with E-state index in [9.17, 15) is 8.42 Å². The topological polar surface area (TPSA) is 96.4 Å². The smallest absolute Gasteiger partial charge is 0.276 e. The van der Waals surface area contributed by atoms with E-state index < -0.39 is 10.0 Å². The predicted molar refractivity (Wildman–Crippen MR) is 109 cm³/mol. The number of aromatic amines is 1. The van der Waals surface area contributed by atoms with E-state index in [4.69, 9.17) is 4.74 Å². The van der Waals surface area contributed by atoms with Crippen LogP contribution < -0.4 is 9.57 Å². The van der Waals surface area contributed by atoms with Crippen molar-refractivity contribution in [2.24, 2.45) is 5.10 Å². The van der Waals surface area contributed by atoms with Crippen LogP contribution in [0.25, 0.3) is 11.3 Å². The minimum Gasteiger partial charge on any atom is -0.497 e. The Kier molecular flexibility index (Phi) is 5.79. The molecule has 0 radical (unpaired) electrons. The lowest BCUT2D eigenvalue weighted by atomic mass is 10.0. The number of sulfonamides is 1. The van der Waals surface area contributed by atoms with Crippen molar-refractivity contribution < 1.29 is 13.2 Å². The number of nitrogens with zero attached hydrogens (tertiary/aromatic N) is 2. The first-order chi connectivity index (χ1) is 13.4. The Bertz CT molecular complexity index is 1050. The number of H-pyrrole nitrogens is 1. The summed E-state index contributed by atoms with van der Waals surface area (Å²) >= 11 is 0. The van der Waals surface area contributed by atoms with E-state index in [0.717, 1.165) is 22.6 Å². The maximum atomic E-state index is 12.4. The summed E-state index contributed by atoms with van der Waals surface area (Å²) in [7, 11) is -2.13. The van der Waals surface area contributed by atoms with E-state index in [1.54, 1.807) is 37.6 Å². The van der Waals surface area contributed by atoms with Crippen molar-refractivity contribution in [3.63, 3.8) is 0 Å². The number of aromatic nitrogens is 2. The molecule has 0 aliphatic carbocycles. The average Bonchev–Trinajstić information content (AvgIpc) is 3.16. The average molecular weight is 398 g/mol. The van der Waals surface area contributed by atoms with Gasteiger partial charge in [0.05, 0.1) is 30.1 Å². The summed E-state index contributed by atoms with van der Waals surface area (Å²) in [5.41, 5.74) is 3.34. The Hall–Kier alpha value is -3.13. The lowest BCUT2D eigenvalue weighted by molar-refractivity contribution is 0.415. The second kappa shape index (κ2) is 8.26. The maximum absolute atomic E-state index is 12.4. The van der Waals surface area contributed by atoms with Gasteiger partial charge in [-0.1, -0.05) is 26.0 Å². The second-order valence-electron chi connectivity index (χ2n) is 6.51. The van der Waals surface area contributed by atoms with Crippen LogP contribution in [-0.4, -0.2) is 31.9 Å². The molecule has 3 rings (SSSR count). The molecule has 1 aromatic heterocycles. The number of hydrazone groups is 1. The Morgan fingerprint density at radius 1 is 1.11 bits per heavy atom. The van der Waals surface area contributed by atoms with Gasteiger partial charge in [0.15, 0.2) is 0 Å². The molecule has 3 aromatic rings. The van der Waals surface area contributed by atoms with Gasteiger partial charge in [0.25, 0.3) is 10.0 Å². The third kappa shape index (κ3) is 4.40. The summed E-state index contributed by atoms with van der Waals surface area (Å²) in [5, 5.41) is 10.8. The Morgan fingerprint density at radius 2 is 1.79 bits per heavy atom. The largest absolute Gasteiger partial charge is 0.497 e. The molecule has 0 atom stereocenters. The number of methoxy groups -OCH3 is 1. The first kappa shape index (κ1) is 19.6. The summed E-state index contributed by atoms with van der Waals surface area (Å²) in [5.74, 6) is 1.08. The fourth-order valence-corrected chi connectivity index (χ4v) is 3.42.